The monoisotopic (exact) mass is 436 g/mol. The Morgan fingerprint density at radius 2 is 1.36 bits per heavy atom. The zero-order chi connectivity index (χ0) is 20.2. The van der Waals surface area contributed by atoms with Gasteiger partial charge in [0.25, 0.3) is 10.0 Å². The average molecular weight is 437 g/mol. The molecule has 0 spiro atoms. The van der Waals surface area contributed by atoms with Crippen molar-refractivity contribution in [2.75, 3.05) is 9.44 Å². The zero-order valence-electron chi connectivity index (χ0n) is 14.5. The molecule has 0 unspecified atom stereocenters. The van der Waals surface area contributed by atoms with Gasteiger partial charge in [-0.15, -0.1) is 0 Å². The number of benzene rings is 3. The molecule has 146 valence electrons. The maximum absolute atomic E-state index is 12.4. The van der Waals surface area contributed by atoms with E-state index in [1.165, 1.54) is 24.3 Å². The lowest BCUT2D eigenvalue weighted by Crippen LogP contribution is -2.16. The third-order valence-electron chi connectivity index (χ3n) is 3.71. The second kappa shape index (κ2) is 8.22. The summed E-state index contributed by atoms with van der Waals surface area (Å²) >= 11 is 5.87. The van der Waals surface area contributed by atoms with Crippen molar-refractivity contribution in [3.05, 3.63) is 89.4 Å². The molecule has 0 saturated heterocycles. The Kier molecular flexibility index (Phi) is 5.93. The SMILES string of the molecule is O=S(=O)(Cc1cccc(Cl)c1)Nc1ccc(S(=O)(=O)Nc2ccccc2)cc1. The Morgan fingerprint density at radius 3 is 2.00 bits per heavy atom. The number of hydrogen-bond acceptors (Lipinski definition) is 4. The van der Waals surface area contributed by atoms with Crippen LogP contribution in [0.15, 0.2) is 83.8 Å². The van der Waals surface area contributed by atoms with E-state index in [2.05, 4.69) is 9.44 Å². The molecule has 3 rings (SSSR count). The molecule has 0 aliphatic carbocycles. The highest BCUT2D eigenvalue weighted by atomic mass is 35.5. The quantitative estimate of drug-likeness (QED) is 0.583. The summed E-state index contributed by atoms with van der Waals surface area (Å²) in [5, 5.41) is 0.452. The van der Waals surface area contributed by atoms with Gasteiger partial charge in [0.2, 0.25) is 10.0 Å². The van der Waals surface area contributed by atoms with E-state index in [0.29, 0.717) is 16.3 Å². The first-order valence-electron chi connectivity index (χ1n) is 8.16. The molecule has 0 radical (unpaired) electrons. The predicted molar refractivity (Wildman–Crippen MR) is 111 cm³/mol. The van der Waals surface area contributed by atoms with Crippen LogP contribution < -0.4 is 9.44 Å². The van der Waals surface area contributed by atoms with E-state index in [4.69, 9.17) is 11.6 Å². The molecule has 9 heteroatoms. The van der Waals surface area contributed by atoms with Crippen molar-refractivity contribution in [2.24, 2.45) is 0 Å². The Bertz CT molecular complexity index is 1160. The molecular weight excluding hydrogens is 420 g/mol. The summed E-state index contributed by atoms with van der Waals surface area (Å²) in [5.41, 5.74) is 1.25. The summed E-state index contributed by atoms with van der Waals surface area (Å²) in [6.45, 7) is 0. The Morgan fingerprint density at radius 1 is 0.714 bits per heavy atom. The Labute approximate surface area is 169 Å². The minimum Gasteiger partial charge on any atom is -0.283 e. The average Bonchev–Trinajstić information content (AvgIpc) is 2.62. The van der Waals surface area contributed by atoms with Crippen LogP contribution in [0, 0.1) is 0 Å². The topological polar surface area (TPSA) is 92.3 Å². The van der Waals surface area contributed by atoms with Crippen molar-refractivity contribution in [1.29, 1.82) is 0 Å². The lowest BCUT2D eigenvalue weighted by Gasteiger charge is -2.10. The van der Waals surface area contributed by atoms with E-state index < -0.39 is 20.0 Å². The number of nitrogens with one attached hydrogen (secondary N) is 2. The molecule has 0 fully saturated rings. The van der Waals surface area contributed by atoms with Crippen molar-refractivity contribution < 1.29 is 16.8 Å². The van der Waals surface area contributed by atoms with Gasteiger partial charge in [0.05, 0.1) is 10.6 Å². The van der Waals surface area contributed by atoms with Crippen LogP contribution in [0.4, 0.5) is 11.4 Å². The van der Waals surface area contributed by atoms with Crippen LogP contribution in [-0.2, 0) is 25.8 Å². The van der Waals surface area contributed by atoms with Crippen molar-refractivity contribution in [1.82, 2.24) is 0 Å². The van der Waals surface area contributed by atoms with Crippen LogP contribution in [0.5, 0.6) is 0 Å². The molecule has 6 nitrogen and oxygen atoms in total. The maximum Gasteiger partial charge on any atom is 0.261 e. The molecule has 0 aliphatic heterocycles. The van der Waals surface area contributed by atoms with Gasteiger partial charge in [0.1, 0.15) is 0 Å². The summed E-state index contributed by atoms with van der Waals surface area (Å²) in [6.07, 6.45) is 0. The molecule has 0 bridgehead atoms. The van der Waals surface area contributed by atoms with Gasteiger partial charge in [-0.3, -0.25) is 9.44 Å². The summed E-state index contributed by atoms with van der Waals surface area (Å²) in [6, 6.07) is 20.5. The molecule has 2 N–H and O–H groups in total. The molecule has 0 amide bonds. The second-order valence-electron chi connectivity index (χ2n) is 5.99. The third-order valence-corrected chi connectivity index (χ3v) is 6.60. The first-order valence-corrected chi connectivity index (χ1v) is 11.7. The van der Waals surface area contributed by atoms with E-state index in [1.54, 1.807) is 54.6 Å². The number of rotatable bonds is 7. The lowest BCUT2D eigenvalue weighted by atomic mass is 10.2. The minimum absolute atomic E-state index is 0.0224. The van der Waals surface area contributed by atoms with Crippen LogP contribution in [0.3, 0.4) is 0 Å². The van der Waals surface area contributed by atoms with Crippen molar-refractivity contribution in [3.63, 3.8) is 0 Å². The van der Waals surface area contributed by atoms with E-state index in [9.17, 15) is 16.8 Å². The molecular formula is C19H17ClN2O4S2. The van der Waals surface area contributed by atoms with Crippen LogP contribution >= 0.6 is 11.6 Å². The molecule has 0 heterocycles. The number of anilines is 2. The number of hydrogen-bond donors (Lipinski definition) is 2. The van der Waals surface area contributed by atoms with Gasteiger partial charge in [0.15, 0.2) is 0 Å². The van der Waals surface area contributed by atoms with Crippen molar-refractivity contribution in [3.8, 4) is 0 Å². The van der Waals surface area contributed by atoms with E-state index >= 15 is 0 Å². The molecule has 0 aliphatic rings. The fourth-order valence-electron chi connectivity index (χ4n) is 2.48. The number of halogens is 1. The fourth-order valence-corrected chi connectivity index (χ4v) is 4.94. The maximum atomic E-state index is 12.4. The first-order chi connectivity index (χ1) is 13.2. The van der Waals surface area contributed by atoms with E-state index in [-0.39, 0.29) is 16.3 Å². The Balaban J connectivity index is 1.71. The molecule has 0 atom stereocenters. The van der Waals surface area contributed by atoms with Gasteiger partial charge in [-0.25, -0.2) is 16.8 Å². The second-order valence-corrected chi connectivity index (χ2v) is 9.83. The number of para-hydroxylation sites is 1. The minimum atomic E-state index is -3.77. The van der Waals surface area contributed by atoms with Crippen LogP contribution in [0.25, 0.3) is 0 Å². The number of sulfonamides is 2. The van der Waals surface area contributed by atoms with Gasteiger partial charge >= 0.3 is 0 Å². The van der Waals surface area contributed by atoms with E-state index in [0.717, 1.165) is 0 Å². The summed E-state index contributed by atoms with van der Waals surface area (Å²) in [5.74, 6) is -0.247. The summed E-state index contributed by atoms with van der Waals surface area (Å²) in [7, 11) is -7.44. The van der Waals surface area contributed by atoms with Gasteiger partial charge in [-0.05, 0) is 54.1 Å². The van der Waals surface area contributed by atoms with Gasteiger partial charge in [-0.1, -0.05) is 41.9 Å². The summed E-state index contributed by atoms with van der Waals surface area (Å²) in [4.78, 5) is 0.0224. The zero-order valence-corrected chi connectivity index (χ0v) is 16.9. The van der Waals surface area contributed by atoms with Crippen molar-refractivity contribution in [2.45, 2.75) is 10.6 Å². The highest BCUT2D eigenvalue weighted by molar-refractivity contribution is 7.92. The molecule has 0 saturated carbocycles. The van der Waals surface area contributed by atoms with E-state index in [1.807, 2.05) is 0 Å². The fraction of sp³-hybridized carbons (Fsp3) is 0.0526. The molecule has 3 aromatic carbocycles. The van der Waals surface area contributed by atoms with Gasteiger partial charge in [-0.2, -0.15) is 0 Å². The van der Waals surface area contributed by atoms with Crippen LogP contribution in [0.2, 0.25) is 5.02 Å². The van der Waals surface area contributed by atoms with Crippen LogP contribution in [0.1, 0.15) is 5.56 Å². The standard InChI is InChI=1S/C19H17ClN2O4S2/c20-16-6-4-5-15(13-16)14-27(23,24)21-18-9-11-19(12-10-18)28(25,26)22-17-7-2-1-3-8-17/h1-13,21-22H,14H2. The highest BCUT2D eigenvalue weighted by Gasteiger charge is 2.16. The smallest absolute Gasteiger partial charge is 0.261 e. The Hall–Kier alpha value is -2.55. The van der Waals surface area contributed by atoms with Gasteiger partial charge < -0.3 is 0 Å². The van der Waals surface area contributed by atoms with Crippen LogP contribution in [-0.4, -0.2) is 16.8 Å². The molecule has 28 heavy (non-hydrogen) atoms. The molecule has 3 aromatic rings. The largest absolute Gasteiger partial charge is 0.283 e. The third kappa shape index (κ3) is 5.48. The normalized spacial score (nSPS) is 11.8. The lowest BCUT2D eigenvalue weighted by molar-refractivity contribution is 0.599. The molecule has 0 aromatic heterocycles. The summed E-state index contributed by atoms with van der Waals surface area (Å²) < 4.78 is 54.3. The predicted octanol–water partition coefficient (Wildman–Crippen LogP) is 4.08. The van der Waals surface area contributed by atoms with Crippen molar-refractivity contribution >= 4 is 43.0 Å². The highest BCUT2D eigenvalue weighted by Crippen LogP contribution is 2.20. The van der Waals surface area contributed by atoms with Gasteiger partial charge in [0, 0.05) is 16.4 Å². The first kappa shape index (κ1) is 20.2.